The molecule has 0 aromatic carbocycles. The maximum atomic E-state index is 12.9. The summed E-state index contributed by atoms with van der Waals surface area (Å²) in [6, 6.07) is 0.664. The van der Waals surface area contributed by atoms with Crippen LogP contribution in [0.1, 0.15) is 59.8 Å². The average molecular weight is 296 g/mol. The summed E-state index contributed by atoms with van der Waals surface area (Å²) in [6.07, 6.45) is 5.36. The lowest BCUT2D eigenvalue weighted by atomic mass is 9.92. The van der Waals surface area contributed by atoms with Gasteiger partial charge in [0, 0.05) is 18.6 Å². The molecule has 2 saturated heterocycles. The molecule has 0 aliphatic carbocycles. The Morgan fingerprint density at radius 3 is 2.29 bits per heavy atom. The lowest BCUT2D eigenvalue weighted by Gasteiger charge is -2.44. The summed E-state index contributed by atoms with van der Waals surface area (Å²) in [6.45, 7) is 10.1. The number of carbonyl (C=O) groups excluding carboxylic acids is 1. The second-order valence-electron chi connectivity index (χ2n) is 7.19. The van der Waals surface area contributed by atoms with Crippen LogP contribution < -0.4 is 0 Å². The average Bonchev–Trinajstić information content (AvgIpc) is 2.46. The number of carbonyl (C=O) groups is 1. The molecule has 21 heavy (non-hydrogen) atoms. The van der Waals surface area contributed by atoms with E-state index in [1.165, 1.54) is 6.42 Å². The topological polar surface area (TPSA) is 43.8 Å². The number of aliphatic hydroxyl groups is 1. The Bertz CT molecular complexity index is 349. The van der Waals surface area contributed by atoms with Gasteiger partial charge in [-0.05, 0) is 72.3 Å². The van der Waals surface area contributed by atoms with Gasteiger partial charge in [0.15, 0.2) is 0 Å². The fraction of sp³-hybridized carbons (Fsp3) is 0.941. The third-order valence-corrected chi connectivity index (χ3v) is 5.52. The van der Waals surface area contributed by atoms with Crippen molar-refractivity contribution in [3.63, 3.8) is 0 Å². The standard InChI is InChI=1S/C17H32N2O2/c1-12-7-5-8-13(2)19(12)17(21)14(3)18-10-6-9-16(11-18)15(4)20/h12-16,20H,5-11H2,1-4H3. The van der Waals surface area contributed by atoms with Gasteiger partial charge in [-0.1, -0.05) is 0 Å². The number of hydrogen-bond donors (Lipinski definition) is 1. The molecule has 2 fully saturated rings. The number of piperidine rings is 2. The van der Waals surface area contributed by atoms with Crippen molar-refractivity contribution in [1.29, 1.82) is 0 Å². The van der Waals surface area contributed by atoms with E-state index in [-0.39, 0.29) is 18.1 Å². The molecular formula is C17H32N2O2. The predicted molar refractivity (Wildman–Crippen MR) is 85.1 cm³/mol. The van der Waals surface area contributed by atoms with Crippen molar-refractivity contribution in [2.75, 3.05) is 13.1 Å². The van der Waals surface area contributed by atoms with Crippen LogP contribution in [0.4, 0.5) is 0 Å². The fourth-order valence-corrected chi connectivity index (χ4v) is 4.01. The first-order chi connectivity index (χ1) is 9.91. The van der Waals surface area contributed by atoms with Gasteiger partial charge in [-0.3, -0.25) is 9.69 Å². The number of nitrogens with zero attached hydrogens (tertiary/aromatic N) is 2. The van der Waals surface area contributed by atoms with Gasteiger partial charge in [0.05, 0.1) is 12.1 Å². The van der Waals surface area contributed by atoms with Crippen LogP contribution in [0.2, 0.25) is 0 Å². The highest BCUT2D eigenvalue weighted by Gasteiger charge is 2.35. The highest BCUT2D eigenvalue weighted by molar-refractivity contribution is 5.82. The molecule has 0 bridgehead atoms. The van der Waals surface area contributed by atoms with Crippen LogP contribution in [-0.4, -0.2) is 58.1 Å². The molecule has 4 nitrogen and oxygen atoms in total. The molecule has 0 saturated carbocycles. The molecule has 2 rings (SSSR count). The van der Waals surface area contributed by atoms with Gasteiger partial charge in [-0.2, -0.15) is 0 Å². The fourth-order valence-electron chi connectivity index (χ4n) is 4.01. The quantitative estimate of drug-likeness (QED) is 0.869. The zero-order valence-electron chi connectivity index (χ0n) is 14.1. The van der Waals surface area contributed by atoms with Crippen LogP contribution in [0.15, 0.2) is 0 Å². The molecule has 5 atom stereocenters. The van der Waals surface area contributed by atoms with E-state index in [4.69, 9.17) is 0 Å². The number of aliphatic hydroxyl groups excluding tert-OH is 1. The van der Waals surface area contributed by atoms with E-state index < -0.39 is 0 Å². The number of amides is 1. The van der Waals surface area contributed by atoms with Crippen molar-refractivity contribution in [2.24, 2.45) is 5.92 Å². The van der Waals surface area contributed by atoms with Crippen molar-refractivity contribution in [1.82, 2.24) is 9.80 Å². The Balaban J connectivity index is 2.01. The summed E-state index contributed by atoms with van der Waals surface area (Å²) < 4.78 is 0. The second kappa shape index (κ2) is 7.10. The Labute approximate surface area is 129 Å². The Kier molecular flexibility index (Phi) is 5.67. The molecule has 122 valence electrons. The zero-order valence-corrected chi connectivity index (χ0v) is 14.1. The lowest BCUT2D eigenvalue weighted by molar-refractivity contribution is -0.143. The third-order valence-electron chi connectivity index (χ3n) is 5.52. The van der Waals surface area contributed by atoms with Gasteiger partial charge >= 0.3 is 0 Å². The van der Waals surface area contributed by atoms with E-state index in [1.54, 1.807) is 0 Å². The van der Waals surface area contributed by atoms with Crippen molar-refractivity contribution in [2.45, 2.75) is 84.0 Å². The van der Waals surface area contributed by atoms with E-state index in [0.29, 0.717) is 18.0 Å². The minimum absolute atomic E-state index is 0.0606. The number of rotatable bonds is 3. The minimum atomic E-state index is -0.275. The summed E-state index contributed by atoms with van der Waals surface area (Å²) >= 11 is 0. The summed E-state index contributed by atoms with van der Waals surface area (Å²) in [5.41, 5.74) is 0. The molecule has 1 amide bonds. The normalized spacial score (nSPS) is 34.5. The van der Waals surface area contributed by atoms with E-state index >= 15 is 0 Å². The predicted octanol–water partition coefficient (Wildman–Crippen LogP) is 2.26. The Hall–Kier alpha value is -0.610. The molecule has 0 radical (unpaired) electrons. The van der Waals surface area contributed by atoms with Gasteiger partial charge in [-0.25, -0.2) is 0 Å². The van der Waals surface area contributed by atoms with E-state index in [1.807, 2.05) is 13.8 Å². The highest BCUT2D eigenvalue weighted by Crippen LogP contribution is 2.26. The first-order valence-electron chi connectivity index (χ1n) is 8.66. The Morgan fingerprint density at radius 1 is 1.10 bits per heavy atom. The molecule has 0 aromatic heterocycles. The van der Waals surface area contributed by atoms with Crippen LogP contribution >= 0.6 is 0 Å². The van der Waals surface area contributed by atoms with Gasteiger partial charge < -0.3 is 10.0 Å². The van der Waals surface area contributed by atoms with Crippen LogP contribution in [-0.2, 0) is 4.79 Å². The van der Waals surface area contributed by atoms with E-state index in [2.05, 4.69) is 23.6 Å². The summed E-state index contributed by atoms with van der Waals surface area (Å²) in [5.74, 6) is 0.589. The number of hydrogen-bond acceptors (Lipinski definition) is 3. The zero-order chi connectivity index (χ0) is 15.6. The molecule has 0 spiro atoms. The third kappa shape index (κ3) is 3.78. The number of likely N-dealkylation sites (tertiary alicyclic amines) is 2. The Morgan fingerprint density at radius 2 is 1.71 bits per heavy atom. The summed E-state index contributed by atoms with van der Waals surface area (Å²) in [7, 11) is 0. The maximum absolute atomic E-state index is 12.9. The molecule has 0 aromatic rings. The first-order valence-corrected chi connectivity index (χ1v) is 8.66. The molecule has 2 aliphatic rings. The van der Waals surface area contributed by atoms with Crippen molar-refractivity contribution >= 4 is 5.91 Å². The molecule has 2 aliphatic heterocycles. The second-order valence-corrected chi connectivity index (χ2v) is 7.19. The minimum Gasteiger partial charge on any atom is -0.393 e. The maximum Gasteiger partial charge on any atom is 0.240 e. The van der Waals surface area contributed by atoms with Crippen molar-refractivity contribution in [3.8, 4) is 0 Å². The van der Waals surface area contributed by atoms with Crippen LogP contribution in [0, 0.1) is 5.92 Å². The monoisotopic (exact) mass is 296 g/mol. The van der Waals surface area contributed by atoms with E-state index in [9.17, 15) is 9.90 Å². The summed E-state index contributed by atoms with van der Waals surface area (Å²) in [5, 5.41) is 9.83. The van der Waals surface area contributed by atoms with Gasteiger partial charge in [0.1, 0.15) is 0 Å². The highest BCUT2D eigenvalue weighted by atomic mass is 16.3. The lowest BCUT2D eigenvalue weighted by Crippen LogP contribution is -2.56. The SMILES string of the molecule is CC(O)C1CCCN(C(C)C(=O)N2C(C)CCCC2C)C1. The van der Waals surface area contributed by atoms with Crippen LogP contribution in [0.3, 0.4) is 0 Å². The summed E-state index contributed by atoms with van der Waals surface area (Å²) in [4.78, 5) is 17.3. The van der Waals surface area contributed by atoms with Crippen molar-refractivity contribution in [3.05, 3.63) is 0 Å². The van der Waals surface area contributed by atoms with Gasteiger partial charge in [-0.15, -0.1) is 0 Å². The van der Waals surface area contributed by atoms with Gasteiger partial charge in [0.25, 0.3) is 0 Å². The van der Waals surface area contributed by atoms with Crippen molar-refractivity contribution < 1.29 is 9.90 Å². The first kappa shape index (κ1) is 16.8. The molecular weight excluding hydrogens is 264 g/mol. The van der Waals surface area contributed by atoms with E-state index in [0.717, 1.165) is 38.8 Å². The smallest absolute Gasteiger partial charge is 0.240 e. The largest absolute Gasteiger partial charge is 0.393 e. The van der Waals surface area contributed by atoms with Gasteiger partial charge in [0.2, 0.25) is 5.91 Å². The molecule has 1 N–H and O–H groups in total. The van der Waals surface area contributed by atoms with Crippen LogP contribution in [0.25, 0.3) is 0 Å². The molecule has 2 heterocycles. The molecule has 4 heteroatoms. The molecule has 5 unspecified atom stereocenters. The van der Waals surface area contributed by atoms with Crippen LogP contribution in [0.5, 0.6) is 0 Å².